The Morgan fingerprint density at radius 3 is 1.14 bits per heavy atom. The minimum atomic E-state index is -5.25. The van der Waals surface area contributed by atoms with E-state index in [2.05, 4.69) is 0 Å². The van der Waals surface area contributed by atoms with E-state index in [1.54, 1.807) is 0 Å². The molecule has 46 valence electrons. The second-order valence-electron chi connectivity index (χ2n) is 0.448. The van der Waals surface area contributed by atoms with Crippen LogP contribution < -0.4 is 0 Å². The van der Waals surface area contributed by atoms with Crippen molar-refractivity contribution in [1.29, 1.82) is 0 Å². The predicted molar refractivity (Wildman–Crippen MR) is 13.1 cm³/mol. The van der Waals surface area contributed by atoms with Gasteiger partial charge in [-0.1, -0.05) is 0 Å². The zero-order valence-corrected chi connectivity index (χ0v) is 6.30. The van der Waals surface area contributed by atoms with E-state index in [0.717, 1.165) is 0 Å². The Morgan fingerprint density at radius 2 is 1.14 bits per heavy atom. The van der Waals surface area contributed by atoms with Gasteiger partial charge in [-0.15, -0.1) is 12.4 Å². The molecule has 0 bridgehead atoms. The third-order valence-corrected chi connectivity index (χ3v) is 0. The molecule has 0 saturated carbocycles. The first-order valence-corrected chi connectivity index (χ1v) is 2.88. The molecule has 0 amide bonds. The van der Waals surface area contributed by atoms with E-state index in [0.29, 0.717) is 0 Å². The van der Waals surface area contributed by atoms with Crippen molar-refractivity contribution >= 4 is 12.4 Å². The summed E-state index contributed by atoms with van der Waals surface area (Å²) in [6.45, 7) is 0. The van der Waals surface area contributed by atoms with E-state index >= 15 is 0 Å². The second kappa shape index (κ2) is 5.02. The molecule has 0 aliphatic carbocycles. The van der Waals surface area contributed by atoms with Gasteiger partial charge >= 0.3 is 29.5 Å². The molecule has 4 nitrogen and oxygen atoms in total. The molecule has 0 spiro atoms. The van der Waals surface area contributed by atoms with Crippen LogP contribution in [-0.4, -0.2) is 8.32 Å². The van der Waals surface area contributed by atoms with Crippen LogP contribution in [0.1, 0.15) is 0 Å². The molecule has 0 aliphatic rings. The molecule has 0 aliphatic heterocycles. The monoisotopic (exact) mass is 206 g/mol. The zero-order valence-electron chi connectivity index (χ0n) is 2.94. The number of halogens is 1. The maximum absolute atomic E-state index is 8.82. The Balaban J connectivity index is -0.0000000800. The first-order chi connectivity index (χ1) is 2.00. The Labute approximate surface area is 59.5 Å². The van der Waals surface area contributed by atoms with E-state index in [1.807, 2.05) is 0 Å². The molecule has 0 rings (SSSR count). The number of hydrogen-bond acceptors (Lipinski definition) is 2. The van der Waals surface area contributed by atoms with Crippen LogP contribution in [-0.2, 0) is 38.6 Å². The van der Waals surface area contributed by atoms with Crippen molar-refractivity contribution in [2.24, 2.45) is 0 Å². The van der Waals surface area contributed by atoms with E-state index in [1.165, 1.54) is 0 Å². The summed E-state index contributed by atoms with van der Waals surface area (Å²) in [7, 11) is 0. The van der Waals surface area contributed by atoms with Gasteiger partial charge in [0.2, 0.25) is 0 Å². The fraction of sp³-hybridized carbons (Fsp3) is 0. The van der Waals surface area contributed by atoms with Crippen LogP contribution in [0.4, 0.5) is 0 Å². The van der Waals surface area contributed by atoms with Crippen molar-refractivity contribution in [3.8, 4) is 0 Å². The third kappa shape index (κ3) is 213. The average molecular weight is 206 g/mol. The number of rotatable bonds is 0. The van der Waals surface area contributed by atoms with Gasteiger partial charge in [0, 0.05) is 17.4 Å². The summed E-state index contributed by atoms with van der Waals surface area (Å²) in [6, 6.07) is 0. The SMILES string of the molecule is Cl.[Cr].[O]=[Cr](=[O])([OH])[OH]. The molecule has 0 atom stereocenters. The van der Waals surface area contributed by atoms with Gasteiger partial charge in [0.05, 0.1) is 0 Å². The van der Waals surface area contributed by atoms with Crippen LogP contribution in [0, 0.1) is 0 Å². The second-order valence-corrected chi connectivity index (χ2v) is 1.85. The normalized spacial score (nSPS) is 8.29. The summed E-state index contributed by atoms with van der Waals surface area (Å²) < 4.78 is 31.9. The summed E-state index contributed by atoms with van der Waals surface area (Å²) in [5.74, 6) is 0. The fourth-order valence-corrected chi connectivity index (χ4v) is 0. The van der Waals surface area contributed by atoms with Crippen molar-refractivity contribution in [2.45, 2.75) is 0 Å². The molecule has 0 heterocycles. The topological polar surface area (TPSA) is 74.6 Å². The summed E-state index contributed by atoms with van der Waals surface area (Å²) in [5.41, 5.74) is 0. The predicted octanol–water partition coefficient (Wildman–Crippen LogP) is -0.935. The molecule has 0 radical (unpaired) electrons. The van der Waals surface area contributed by atoms with Crippen LogP contribution in [0.2, 0.25) is 0 Å². The molecule has 2 N–H and O–H groups in total. The van der Waals surface area contributed by atoms with Crippen LogP contribution >= 0.6 is 12.4 Å². The van der Waals surface area contributed by atoms with E-state index in [4.69, 9.17) is 15.9 Å². The van der Waals surface area contributed by atoms with E-state index < -0.39 is 13.6 Å². The molecule has 7 heavy (non-hydrogen) atoms. The van der Waals surface area contributed by atoms with Crippen LogP contribution in [0.15, 0.2) is 0 Å². The van der Waals surface area contributed by atoms with Crippen molar-refractivity contribution in [1.82, 2.24) is 0 Å². The summed E-state index contributed by atoms with van der Waals surface area (Å²) >= 11 is -5.25. The van der Waals surface area contributed by atoms with Crippen LogP contribution in [0.5, 0.6) is 0 Å². The molecule has 0 saturated heterocycles. The van der Waals surface area contributed by atoms with Gasteiger partial charge in [-0.25, -0.2) is 0 Å². The van der Waals surface area contributed by atoms with Gasteiger partial charge < -0.3 is 0 Å². The molecular weight excluding hydrogens is 203 g/mol. The fourth-order valence-electron chi connectivity index (χ4n) is 0. The molecule has 0 fully saturated rings. The van der Waals surface area contributed by atoms with Crippen LogP contribution in [0.25, 0.3) is 0 Å². The summed E-state index contributed by atoms with van der Waals surface area (Å²) in [4.78, 5) is 0. The van der Waals surface area contributed by atoms with Gasteiger partial charge in [-0.3, -0.25) is 0 Å². The van der Waals surface area contributed by atoms with Gasteiger partial charge in [-0.2, -0.15) is 0 Å². The van der Waals surface area contributed by atoms with Crippen molar-refractivity contribution < 1.29 is 46.9 Å². The molecule has 7 heteroatoms. The molecule has 0 aromatic carbocycles. The van der Waals surface area contributed by atoms with Crippen molar-refractivity contribution in [2.75, 3.05) is 0 Å². The Hall–Kier alpha value is 0.875. The first-order valence-electron chi connectivity index (χ1n) is 0.698. The van der Waals surface area contributed by atoms with Gasteiger partial charge in [0.1, 0.15) is 0 Å². The molecule has 0 aromatic heterocycles. The van der Waals surface area contributed by atoms with Gasteiger partial charge in [0.25, 0.3) is 0 Å². The zero-order chi connectivity index (χ0) is 4.50. The standard InChI is InChI=1S/ClH.2Cr.2H2O.2O/h1H;;;2*1H2;;/q;;+2;;;;/p-2. The molecular formula is H3ClCr2O4. The first kappa shape index (κ1) is 15.7. The summed E-state index contributed by atoms with van der Waals surface area (Å²) in [5, 5.41) is 0. The minimum absolute atomic E-state index is 0. The van der Waals surface area contributed by atoms with Crippen LogP contribution in [0.3, 0.4) is 0 Å². The third-order valence-electron chi connectivity index (χ3n) is 0. The quantitative estimate of drug-likeness (QED) is 0.537. The van der Waals surface area contributed by atoms with E-state index in [9.17, 15) is 0 Å². The van der Waals surface area contributed by atoms with Gasteiger partial charge in [-0.05, 0) is 0 Å². The molecule has 0 unspecified atom stereocenters. The Morgan fingerprint density at radius 1 is 1.14 bits per heavy atom. The Bertz CT molecular complexity index is 92.9. The Kier molecular flexibility index (Phi) is 11.2. The van der Waals surface area contributed by atoms with Gasteiger partial charge in [0.15, 0.2) is 0 Å². The summed E-state index contributed by atoms with van der Waals surface area (Å²) in [6.07, 6.45) is 0. The molecule has 0 aromatic rings. The average Bonchev–Trinajstić information content (AvgIpc) is 0.722. The number of hydrogen-bond donors (Lipinski definition) is 2. The maximum atomic E-state index is 8.82. The van der Waals surface area contributed by atoms with Crippen molar-refractivity contribution in [3.05, 3.63) is 0 Å². The van der Waals surface area contributed by atoms with Crippen molar-refractivity contribution in [3.63, 3.8) is 0 Å². The van der Waals surface area contributed by atoms with E-state index in [-0.39, 0.29) is 29.8 Å².